The van der Waals surface area contributed by atoms with E-state index in [1.165, 1.54) is 0 Å². The highest BCUT2D eigenvalue weighted by molar-refractivity contribution is 5.79. The number of carbonyl (C=O) groups is 2. The fraction of sp³-hybridized carbons (Fsp3) is 0.714. The molecule has 1 heterocycles. The minimum absolute atomic E-state index is 0.00729. The second-order valence-corrected chi connectivity index (χ2v) is 8.41. The molecule has 0 atom stereocenters. The Kier molecular flexibility index (Phi) is 8.37. The van der Waals surface area contributed by atoms with E-state index in [1.54, 1.807) is 6.92 Å². The Labute approximate surface area is 173 Å². The summed E-state index contributed by atoms with van der Waals surface area (Å²) < 4.78 is 0. The van der Waals surface area contributed by atoms with Crippen LogP contribution in [0.3, 0.4) is 0 Å². The van der Waals surface area contributed by atoms with E-state index in [1.807, 2.05) is 33.0 Å². The van der Waals surface area contributed by atoms with Crippen LogP contribution in [0.2, 0.25) is 0 Å². The van der Waals surface area contributed by atoms with Crippen LogP contribution in [-0.4, -0.2) is 71.9 Å². The quantitative estimate of drug-likeness (QED) is 0.673. The zero-order chi connectivity index (χ0) is 21.6. The number of H-pyrrole nitrogens is 1. The van der Waals surface area contributed by atoms with Crippen molar-refractivity contribution in [2.75, 3.05) is 34.2 Å². The molecule has 0 spiro atoms. The molecule has 0 radical (unpaired) electrons. The lowest BCUT2D eigenvalue weighted by Gasteiger charge is -2.31. The molecule has 0 aliphatic heterocycles. The highest BCUT2D eigenvalue weighted by Crippen LogP contribution is 2.26. The molecule has 0 bridgehead atoms. The molecule has 1 saturated carbocycles. The van der Waals surface area contributed by atoms with Gasteiger partial charge < -0.3 is 20.1 Å². The number of rotatable bonds is 8. The van der Waals surface area contributed by atoms with Gasteiger partial charge in [-0.1, -0.05) is 0 Å². The first kappa shape index (κ1) is 23.1. The number of aromatic amines is 1. The van der Waals surface area contributed by atoms with E-state index < -0.39 is 0 Å². The molecular weight excluding hydrogens is 370 g/mol. The van der Waals surface area contributed by atoms with Crippen LogP contribution in [0.4, 0.5) is 0 Å². The largest absolute Gasteiger partial charge is 0.353 e. The van der Waals surface area contributed by atoms with E-state index in [4.69, 9.17) is 0 Å². The van der Waals surface area contributed by atoms with Crippen molar-refractivity contribution in [3.05, 3.63) is 27.4 Å². The number of hydrogen-bond acceptors (Lipinski definition) is 5. The van der Waals surface area contributed by atoms with Crippen LogP contribution in [-0.2, 0) is 16.0 Å². The summed E-state index contributed by atoms with van der Waals surface area (Å²) in [7, 11) is 5.88. The SMILES string of the molecule is Cc1nc(=O)[nH]c(C)c1CCC(=O)NC1CCC(C(=O)N(C)CCN(C)C)CC1. The van der Waals surface area contributed by atoms with Gasteiger partial charge in [-0.05, 0) is 65.6 Å². The molecule has 1 aliphatic carbocycles. The number of aromatic nitrogens is 2. The highest BCUT2D eigenvalue weighted by Gasteiger charge is 2.28. The summed E-state index contributed by atoms with van der Waals surface area (Å²) in [6.45, 7) is 5.22. The van der Waals surface area contributed by atoms with Crippen LogP contribution in [0, 0.1) is 19.8 Å². The molecule has 0 aromatic carbocycles. The summed E-state index contributed by atoms with van der Waals surface area (Å²) in [5.74, 6) is 0.286. The van der Waals surface area contributed by atoms with Gasteiger partial charge >= 0.3 is 5.69 Å². The summed E-state index contributed by atoms with van der Waals surface area (Å²) in [5.41, 5.74) is 2.02. The van der Waals surface area contributed by atoms with Crippen LogP contribution in [0.5, 0.6) is 0 Å². The molecule has 1 aliphatic rings. The van der Waals surface area contributed by atoms with E-state index in [9.17, 15) is 14.4 Å². The predicted octanol–water partition coefficient (Wildman–Crippen LogP) is 1.01. The highest BCUT2D eigenvalue weighted by atomic mass is 16.2. The van der Waals surface area contributed by atoms with Crippen molar-refractivity contribution in [3.63, 3.8) is 0 Å². The van der Waals surface area contributed by atoms with Crippen molar-refractivity contribution in [1.29, 1.82) is 0 Å². The lowest BCUT2D eigenvalue weighted by atomic mass is 9.85. The van der Waals surface area contributed by atoms with Crippen LogP contribution >= 0.6 is 0 Å². The van der Waals surface area contributed by atoms with Gasteiger partial charge in [0.15, 0.2) is 0 Å². The van der Waals surface area contributed by atoms with Gasteiger partial charge in [0.25, 0.3) is 0 Å². The topological polar surface area (TPSA) is 98.4 Å². The fourth-order valence-corrected chi connectivity index (χ4v) is 3.92. The molecule has 1 aromatic rings. The summed E-state index contributed by atoms with van der Waals surface area (Å²) in [6.07, 6.45) is 4.22. The first-order chi connectivity index (χ1) is 13.7. The molecule has 0 saturated heterocycles. The average Bonchev–Trinajstić information content (AvgIpc) is 2.65. The lowest BCUT2D eigenvalue weighted by Crippen LogP contribution is -2.42. The average molecular weight is 406 g/mol. The van der Waals surface area contributed by atoms with Gasteiger partial charge in [-0.2, -0.15) is 4.98 Å². The van der Waals surface area contributed by atoms with Gasteiger partial charge in [-0.25, -0.2) is 4.79 Å². The minimum Gasteiger partial charge on any atom is -0.353 e. The Morgan fingerprint density at radius 3 is 2.34 bits per heavy atom. The monoisotopic (exact) mass is 405 g/mol. The molecule has 8 nitrogen and oxygen atoms in total. The Hall–Kier alpha value is -2.22. The standard InChI is InChI=1S/C21H35N5O3/c1-14-18(15(2)23-21(29)22-14)10-11-19(27)24-17-8-6-16(7-9-17)20(28)26(5)13-12-25(3)4/h16-17H,6-13H2,1-5H3,(H,24,27)(H,22,23,29). The number of nitrogens with one attached hydrogen (secondary N) is 2. The number of hydrogen-bond donors (Lipinski definition) is 2. The van der Waals surface area contributed by atoms with Crippen molar-refractivity contribution >= 4 is 11.8 Å². The molecule has 0 unspecified atom stereocenters. The van der Waals surface area contributed by atoms with Crippen molar-refractivity contribution in [1.82, 2.24) is 25.1 Å². The molecule has 162 valence electrons. The molecule has 1 aromatic heterocycles. The smallest absolute Gasteiger partial charge is 0.345 e. The lowest BCUT2D eigenvalue weighted by molar-refractivity contribution is -0.135. The third kappa shape index (κ3) is 6.96. The molecule has 1 fully saturated rings. The normalized spacial score (nSPS) is 19.2. The maximum atomic E-state index is 12.6. The van der Waals surface area contributed by atoms with E-state index in [0.29, 0.717) is 18.5 Å². The second-order valence-electron chi connectivity index (χ2n) is 8.41. The number of likely N-dealkylation sites (N-methyl/N-ethyl adjacent to an activating group) is 2. The van der Waals surface area contributed by atoms with Gasteiger partial charge in [-0.3, -0.25) is 9.59 Å². The molecule has 29 heavy (non-hydrogen) atoms. The first-order valence-electron chi connectivity index (χ1n) is 10.4. The maximum Gasteiger partial charge on any atom is 0.345 e. The number of nitrogens with zero attached hydrogens (tertiary/aromatic N) is 3. The Bertz CT molecular complexity index is 740. The second kappa shape index (κ2) is 10.5. The zero-order valence-electron chi connectivity index (χ0n) is 18.4. The molecule has 2 rings (SSSR count). The number of carbonyl (C=O) groups excluding carboxylic acids is 2. The van der Waals surface area contributed by atoms with Crippen LogP contribution < -0.4 is 11.0 Å². The third-order valence-corrected chi connectivity index (χ3v) is 5.76. The van der Waals surface area contributed by atoms with Crippen LogP contribution in [0.15, 0.2) is 4.79 Å². The summed E-state index contributed by atoms with van der Waals surface area (Å²) in [4.78, 5) is 46.8. The van der Waals surface area contributed by atoms with Gasteiger partial charge in [0, 0.05) is 49.9 Å². The Morgan fingerprint density at radius 1 is 1.10 bits per heavy atom. The molecule has 2 amide bonds. The van der Waals surface area contributed by atoms with E-state index in [2.05, 4.69) is 20.2 Å². The summed E-state index contributed by atoms with van der Waals surface area (Å²) in [6, 6.07) is 0.134. The summed E-state index contributed by atoms with van der Waals surface area (Å²) >= 11 is 0. The number of aryl methyl sites for hydroxylation is 2. The van der Waals surface area contributed by atoms with E-state index in [-0.39, 0.29) is 29.5 Å². The van der Waals surface area contributed by atoms with Gasteiger partial charge in [0.1, 0.15) is 0 Å². The van der Waals surface area contributed by atoms with Crippen molar-refractivity contribution in [2.45, 2.75) is 58.4 Å². The van der Waals surface area contributed by atoms with Gasteiger partial charge in [0.2, 0.25) is 11.8 Å². The summed E-state index contributed by atoms with van der Waals surface area (Å²) in [5, 5.41) is 3.11. The van der Waals surface area contributed by atoms with Crippen molar-refractivity contribution < 1.29 is 9.59 Å². The predicted molar refractivity (Wildman–Crippen MR) is 113 cm³/mol. The molecule has 8 heteroatoms. The fourth-order valence-electron chi connectivity index (χ4n) is 3.92. The maximum absolute atomic E-state index is 12.6. The van der Waals surface area contributed by atoms with Crippen molar-refractivity contribution in [2.24, 2.45) is 5.92 Å². The Morgan fingerprint density at radius 2 is 1.76 bits per heavy atom. The third-order valence-electron chi connectivity index (χ3n) is 5.76. The van der Waals surface area contributed by atoms with E-state index >= 15 is 0 Å². The van der Waals surface area contributed by atoms with Gasteiger partial charge in [0.05, 0.1) is 0 Å². The Balaban J connectivity index is 1.75. The first-order valence-corrected chi connectivity index (χ1v) is 10.4. The van der Waals surface area contributed by atoms with Crippen LogP contribution in [0.25, 0.3) is 0 Å². The van der Waals surface area contributed by atoms with E-state index in [0.717, 1.165) is 50.0 Å². The van der Waals surface area contributed by atoms with Gasteiger partial charge in [-0.15, -0.1) is 0 Å². The van der Waals surface area contributed by atoms with Crippen molar-refractivity contribution in [3.8, 4) is 0 Å². The van der Waals surface area contributed by atoms with Crippen LogP contribution in [0.1, 0.15) is 49.1 Å². The zero-order valence-corrected chi connectivity index (χ0v) is 18.4. The minimum atomic E-state index is -0.355. The molecular formula is C21H35N5O3. The molecule has 2 N–H and O–H groups in total. The number of amides is 2.